The molecule has 0 bridgehead atoms. The molecule has 0 rings (SSSR count). The predicted octanol–water partition coefficient (Wildman–Crippen LogP) is 12.7. The summed E-state index contributed by atoms with van der Waals surface area (Å²) < 4.78 is 17.2. The number of esters is 2. The molecule has 0 aliphatic carbocycles. The van der Waals surface area contributed by atoms with Gasteiger partial charge in [0.2, 0.25) is 0 Å². The molecule has 2 unspecified atom stereocenters. The number of carboxylic acids is 1. The molecule has 0 saturated carbocycles. The van der Waals surface area contributed by atoms with Gasteiger partial charge in [0.05, 0.1) is 34.4 Å². The summed E-state index contributed by atoms with van der Waals surface area (Å²) >= 11 is 0. The molecule has 0 fully saturated rings. The van der Waals surface area contributed by atoms with Gasteiger partial charge in [0.1, 0.15) is 6.61 Å². The number of hydrogen-bond acceptors (Lipinski definition) is 6. The molecule has 334 valence electrons. The van der Waals surface area contributed by atoms with Crippen LogP contribution in [-0.2, 0) is 28.6 Å². The number of unbranched alkanes of at least 4 members (excludes halogenated alkanes) is 11. The maximum Gasteiger partial charge on any atom is 0.362 e. The third-order valence-corrected chi connectivity index (χ3v) is 9.53. The Morgan fingerprint density at radius 3 is 1.58 bits per heavy atom. The number of allylic oxidation sites excluding steroid dienone is 16. The highest BCUT2D eigenvalue weighted by molar-refractivity contribution is 5.72. The van der Waals surface area contributed by atoms with Gasteiger partial charge >= 0.3 is 17.9 Å². The lowest BCUT2D eigenvalue weighted by Crippen LogP contribution is -2.50. The molecule has 0 heterocycles. The highest BCUT2D eigenvalue weighted by Crippen LogP contribution is 2.12. The minimum atomic E-state index is -0.891. The van der Waals surface area contributed by atoms with E-state index < -0.39 is 18.1 Å². The molecule has 0 aromatic carbocycles. The molecule has 59 heavy (non-hydrogen) atoms. The largest absolute Gasteiger partial charge is 0.477 e. The van der Waals surface area contributed by atoms with Crippen LogP contribution in [0.2, 0.25) is 0 Å². The van der Waals surface area contributed by atoms with Crippen LogP contribution in [0.4, 0.5) is 0 Å². The zero-order valence-corrected chi connectivity index (χ0v) is 37.9. The number of quaternary nitrogens is 1. The smallest absolute Gasteiger partial charge is 0.362 e. The molecule has 0 aromatic heterocycles. The van der Waals surface area contributed by atoms with E-state index in [0.29, 0.717) is 12.8 Å². The van der Waals surface area contributed by atoms with Crippen molar-refractivity contribution in [2.75, 3.05) is 41.0 Å². The van der Waals surface area contributed by atoms with Gasteiger partial charge in [-0.3, -0.25) is 9.59 Å². The zero-order valence-electron chi connectivity index (χ0n) is 37.9. The van der Waals surface area contributed by atoms with Crippen LogP contribution >= 0.6 is 0 Å². The first-order valence-corrected chi connectivity index (χ1v) is 22.8. The second kappa shape index (κ2) is 41.0. The fourth-order valence-electron chi connectivity index (χ4n) is 6.01. The third-order valence-electron chi connectivity index (χ3n) is 9.53. The van der Waals surface area contributed by atoms with Gasteiger partial charge in [0, 0.05) is 19.3 Å². The number of carbonyl (C=O) groups excluding carboxylic acids is 2. The molecule has 8 nitrogen and oxygen atoms in total. The number of hydrogen-bond donors (Lipinski definition) is 1. The van der Waals surface area contributed by atoms with Crippen molar-refractivity contribution in [2.24, 2.45) is 0 Å². The van der Waals surface area contributed by atoms with Gasteiger partial charge in [0.15, 0.2) is 12.1 Å². The molecule has 2 atom stereocenters. The average molecular weight is 823 g/mol. The van der Waals surface area contributed by atoms with Crippen LogP contribution in [0.25, 0.3) is 0 Å². The van der Waals surface area contributed by atoms with Crippen LogP contribution in [0.3, 0.4) is 0 Å². The van der Waals surface area contributed by atoms with Crippen molar-refractivity contribution >= 4 is 17.9 Å². The van der Waals surface area contributed by atoms with E-state index in [9.17, 15) is 19.5 Å². The molecule has 0 aromatic rings. The minimum Gasteiger partial charge on any atom is -0.477 e. The second-order valence-corrected chi connectivity index (χ2v) is 16.0. The molecule has 0 aliphatic rings. The number of carbonyl (C=O) groups is 3. The van der Waals surface area contributed by atoms with Crippen molar-refractivity contribution in [2.45, 2.75) is 167 Å². The van der Waals surface area contributed by atoms with E-state index in [1.807, 2.05) is 21.1 Å². The lowest BCUT2D eigenvalue weighted by atomic mass is 10.1. The van der Waals surface area contributed by atoms with Crippen molar-refractivity contribution in [1.82, 2.24) is 0 Å². The molecule has 0 amide bonds. The number of carboxylic acid groups (broad SMARTS) is 1. The van der Waals surface area contributed by atoms with E-state index in [1.165, 1.54) is 32.1 Å². The van der Waals surface area contributed by atoms with Crippen LogP contribution in [0.15, 0.2) is 97.2 Å². The third kappa shape index (κ3) is 39.5. The van der Waals surface area contributed by atoms with E-state index in [0.717, 1.165) is 83.5 Å². The van der Waals surface area contributed by atoms with Crippen LogP contribution in [0, 0.1) is 0 Å². The highest BCUT2D eigenvalue weighted by atomic mass is 16.6. The van der Waals surface area contributed by atoms with E-state index in [1.54, 1.807) is 0 Å². The summed E-state index contributed by atoms with van der Waals surface area (Å²) in [5.41, 5.74) is 0. The van der Waals surface area contributed by atoms with E-state index in [2.05, 4.69) is 111 Å². The topological polar surface area (TPSA) is 99.1 Å². The van der Waals surface area contributed by atoms with Gasteiger partial charge in [-0.05, 0) is 77.0 Å². The molecule has 8 heteroatoms. The van der Waals surface area contributed by atoms with Crippen molar-refractivity contribution in [3.63, 3.8) is 0 Å². The van der Waals surface area contributed by atoms with Crippen LogP contribution in [0.5, 0.6) is 0 Å². The number of likely N-dealkylation sites (N-methyl/N-ethyl adjacent to an activating group) is 1. The van der Waals surface area contributed by atoms with Crippen molar-refractivity contribution in [1.29, 1.82) is 0 Å². The molecule has 0 radical (unpaired) electrons. The Balaban J connectivity index is 4.49. The maximum atomic E-state index is 12.7. The standard InChI is InChI=1S/C51H83NO7/c1-6-8-10-12-14-16-18-20-22-24-26-28-30-32-34-36-38-40-42-50(54)59-47(45-57-44-43-48(51(55)56)52(3,4)5)46-58-49(53)41-39-37-35-33-31-29-27-25-23-21-19-17-15-13-11-9-7-2/h9,11,15,17-18,20-24,26-29,33,35,47-48H,6-8,10,12-14,16,19,25,30-32,34,36-46H2,1-5H3/p+1/b11-9+,17-15+,20-18+,23-21+,24-22+,28-26+,29-27+,35-33+. The summed E-state index contributed by atoms with van der Waals surface area (Å²) in [4.78, 5) is 37.0. The summed E-state index contributed by atoms with van der Waals surface area (Å²) in [5.74, 6) is -1.58. The van der Waals surface area contributed by atoms with Gasteiger partial charge < -0.3 is 23.8 Å². The first-order valence-electron chi connectivity index (χ1n) is 22.8. The average Bonchev–Trinajstić information content (AvgIpc) is 3.19. The molecular weight excluding hydrogens is 739 g/mol. The minimum absolute atomic E-state index is 0.0284. The summed E-state index contributed by atoms with van der Waals surface area (Å²) in [5, 5.41) is 9.63. The summed E-state index contributed by atoms with van der Waals surface area (Å²) in [6.45, 7) is 4.50. The Bertz CT molecular complexity index is 1280. The van der Waals surface area contributed by atoms with Gasteiger partial charge in [-0.2, -0.15) is 0 Å². The molecular formula is C51H84NO7+. The van der Waals surface area contributed by atoms with Gasteiger partial charge in [-0.15, -0.1) is 0 Å². The van der Waals surface area contributed by atoms with E-state index >= 15 is 0 Å². The molecule has 0 spiro atoms. The first kappa shape index (κ1) is 55.2. The van der Waals surface area contributed by atoms with E-state index in [4.69, 9.17) is 14.2 Å². The number of aliphatic carboxylic acids is 1. The fraction of sp³-hybridized carbons (Fsp3) is 0.627. The Labute approximate surface area is 360 Å². The number of ether oxygens (including phenoxy) is 3. The summed E-state index contributed by atoms with van der Waals surface area (Å²) in [6.07, 6.45) is 54.6. The lowest BCUT2D eigenvalue weighted by Gasteiger charge is -2.31. The highest BCUT2D eigenvalue weighted by Gasteiger charge is 2.31. The van der Waals surface area contributed by atoms with Crippen molar-refractivity contribution in [3.8, 4) is 0 Å². The Morgan fingerprint density at radius 1 is 0.542 bits per heavy atom. The second-order valence-electron chi connectivity index (χ2n) is 16.0. The maximum absolute atomic E-state index is 12.7. The Kier molecular flexibility index (Phi) is 38.4. The van der Waals surface area contributed by atoms with Gasteiger partial charge in [-0.25, -0.2) is 4.79 Å². The quantitative estimate of drug-likeness (QED) is 0.0217. The molecule has 1 N–H and O–H groups in total. The zero-order chi connectivity index (χ0) is 43.5. The predicted molar refractivity (Wildman–Crippen MR) is 247 cm³/mol. The van der Waals surface area contributed by atoms with E-state index in [-0.39, 0.29) is 49.1 Å². The van der Waals surface area contributed by atoms with Gasteiger partial charge in [0.25, 0.3) is 0 Å². The number of rotatable bonds is 39. The summed E-state index contributed by atoms with van der Waals surface area (Å²) in [7, 11) is 5.49. The summed E-state index contributed by atoms with van der Waals surface area (Å²) in [6, 6.07) is -0.633. The monoisotopic (exact) mass is 823 g/mol. The van der Waals surface area contributed by atoms with Crippen LogP contribution in [0.1, 0.15) is 155 Å². The molecule has 0 saturated heterocycles. The van der Waals surface area contributed by atoms with Crippen molar-refractivity contribution in [3.05, 3.63) is 97.2 Å². The Hall–Kier alpha value is -3.75. The SMILES string of the molecule is CC/C=C/C/C=C/C/C=C/C/C=C/C/C=C/CCCC(=O)OCC(COCCC(C(=O)O)[N+](C)(C)C)OC(=O)CCCCCCC/C=C/C=C/C=C/CCCCCCC. The number of nitrogens with zero attached hydrogens (tertiary/aromatic N) is 1. The molecule has 0 aliphatic heterocycles. The van der Waals surface area contributed by atoms with Crippen LogP contribution < -0.4 is 0 Å². The Morgan fingerprint density at radius 2 is 1.03 bits per heavy atom. The fourth-order valence-corrected chi connectivity index (χ4v) is 6.01. The normalized spacial score (nSPS) is 13.8. The lowest BCUT2D eigenvalue weighted by molar-refractivity contribution is -0.887. The first-order chi connectivity index (χ1) is 28.6. The van der Waals surface area contributed by atoms with Crippen molar-refractivity contribution < 1.29 is 38.2 Å². The van der Waals surface area contributed by atoms with Crippen LogP contribution in [-0.4, -0.2) is 80.6 Å². The van der Waals surface area contributed by atoms with Gasteiger partial charge in [-0.1, -0.05) is 156 Å².